The third-order valence-electron chi connectivity index (χ3n) is 5.80. The lowest BCUT2D eigenvalue weighted by atomic mass is 9.91. The second kappa shape index (κ2) is 9.08. The monoisotopic (exact) mass is 447 g/mol. The van der Waals surface area contributed by atoms with Gasteiger partial charge in [-0.2, -0.15) is 0 Å². The van der Waals surface area contributed by atoms with Gasteiger partial charge in [0.2, 0.25) is 11.1 Å². The first-order chi connectivity index (χ1) is 15.7. The quantitative estimate of drug-likeness (QED) is 0.334. The van der Waals surface area contributed by atoms with E-state index in [2.05, 4.69) is 49.7 Å². The molecule has 32 heavy (non-hydrogen) atoms. The van der Waals surface area contributed by atoms with Crippen LogP contribution in [0.25, 0.3) is 10.9 Å². The lowest BCUT2D eigenvalue weighted by Gasteiger charge is -2.18. The number of hydrogen-bond donors (Lipinski definition) is 3. The molecule has 0 spiro atoms. The fourth-order valence-corrected chi connectivity index (χ4v) is 4.52. The zero-order chi connectivity index (χ0) is 21.9. The van der Waals surface area contributed by atoms with Gasteiger partial charge in [-0.3, -0.25) is 9.89 Å². The van der Waals surface area contributed by atoms with Crippen molar-refractivity contribution in [2.24, 2.45) is 0 Å². The Morgan fingerprint density at radius 3 is 2.81 bits per heavy atom. The van der Waals surface area contributed by atoms with Gasteiger partial charge < -0.3 is 15.0 Å². The van der Waals surface area contributed by atoms with E-state index in [0.717, 1.165) is 33.6 Å². The second-order valence-corrected chi connectivity index (χ2v) is 8.93. The molecule has 164 valence electrons. The Kier molecular flexibility index (Phi) is 5.85. The SMILES string of the molecule is COc1ccc([C@@H](CNC(=O)CSc2n[nH]c(C3CC3)n2)c2c[nH]c3ccccc23)cc1. The van der Waals surface area contributed by atoms with Crippen LogP contribution >= 0.6 is 11.8 Å². The first-order valence-electron chi connectivity index (χ1n) is 10.7. The van der Waals surface area contributed by atoms with Crippen LogP contribution in [0.3, 0.4) is 0 Å². The molecule has 0 saturated heterocycles. The molecule has 7 nitrogen and oxygen atoms in total. The van der Waals surface area contributed by atoms with Crippen molar-refractivity contribution < 1.29 is 9.53 Å². The molecule has 1 atom stereocenters. The Hall–Kier alpha value is -3.26. The smallest absolute Gasteiger partial charge is 0.230 e. The highest BCUT2D eigenvalue weighted by atomic mass is 32.2. The summed E-state index contributed by atoms with van der Waals surface area (Å²) in [4.78, 5) is 20.4. The number of thioether (sulfide) groups is 1. The van der Waals surface area contributed by atoms with E-state index in [4.69, 9.17) is 4.74 Å². The second-order valence-electron chi connectivity index (χ2n) is 7.99. The number of hydrogen-bond acceptors (Lipinski definition) is 5. The van der Waals surface area contributed by atoms with Crippen LogP contribution in [0.4, 0.5) is 0 Å². The molecule has 3 N–H and O–H groups in total. The number of H-pyrrole nitrogens is 2. The molecule has 0 bridgehead atoms. The van der Waals surface area contributed by atoms with Crippen LogP contribution in [0, 0.1) is 0 Å². The molecular weight excluding hydrogens is 422 g/mol. The lowest BCUT2D eigenvalue weighted by molar-refractivity contribution is -0.118. The van der Waals surface area contributed by atoms with Gasteiger partial charge in [0.15, 0.2) is 0 Å². The van der Waals surface area contributed by atoms with Gasteiger partial charge in [0.25, 0.3) is 0 Å². The summed E-state index contributed by atoms with van der Waals surface area (Å²) in [6.07, 6.45) is 4.37. The van der Waals surface area contributed by atoms with Gasteiger partial charge in [-0.1, -0.05) is 42.1 Å². The number of nitrogens with one attached hydrogen (secondary N) is 3. The molecule has 1 amide bonds. The molecule has 1 fully saturated rings. The minimum atomic E-state index is -0.0360. The Labute approximate surface area is 190 Å². The summed E-state index contributed by atoms with van der Waals surface area (Å²) in [7, 11) is 1.66. The average Bonchev–Trinajstić information content (AvgIpc) is 3.42. The van der Waals surface area contributed by atoms with Gasteiger partial charge in [0.05, 0.1) is 12.9 Å². The third kappa shape index (κ3) is 4.50. The van der Waals surface area contributed by atoms with E-state index in [1.54, 1.807) is 7.11 Å². The van der Waals surface area contributed by atoms with E-state index in [0.29, 0.717) is 17.6 Å². The van der Waals surface area contributed by atoms with Gasteiger partial charge in [-0.15, -0.1) is 5.10 Å². The number of aromatic amines is 2. The van der Waals surface area contributed by atoms with Crippen LogP contribution < -0.4 is 10.1 Å². The molecule has 5 rings (SSSR count). The highest BCUT2D eigenvalue weighted by molar-refractivity contribution is 7.99. The minimum absolute atomic E-state index is 0.0102. The molecule has 0 aliphatic heterocycles. The van der Waals surface area contributed by atoms with Crippen LogP contribution in [0.15, 0.2) is 59.9 Å². The zero-order valence-electron chi connectivity index (χ0n) is 17.8. The van der Waals surface area contributed by atoms with E-state index >= 15 is 0 Å². The minimum Gasteiger partial charge on any atom is -0.497 e. The number of carbonyl (C=O) groups excluding carboxylic acids is 1. The topological polar surface area (TPSA) is 95.7 Å². The summed E-state index contributed by atoms with van der Waals surface area (Å²) in [5, 5.41) is 12.1. The number of rotatable bonds is 9. The Bertz CT molecular complexity index is 1210. The molecule has 0 unspecified atom stereocenters. The number of benzene rings is 2. The van der Waals surface area contributed by atoms with E-state index < -0.39 is 0 Å². The number of para-hydroxylation sites is 1. The highest BCUT2D eigenvalue weighted by Crippen LogP contribution is 2.38. The summed E-state index contributed by atoms with van der Waals surface area (Å²) >= 11 is 1.36. The van der Waals surface area contributed by atoms with Gasteiger partial charge in [0.1, 0.15) is 11.6 Å². The van der Waals surface area contributed by atoms with E-state index in [1.165, 1.54) is 24.6 Å². The van der Waals surface area contributed by atoms with Crippen molar-refractivity contribution in [2.45, 2.75) is 29.8 Å². The first kappa shape index (κ1) is 20.6. The van der Waals surface area contributed by atoms with Crippen LogP contribution in [-0.2, 0) is 4.79 Å². The standard InChI is InChI=1S/C24H25N5O2S/c1-31-17-10-8-15(9-11-17)19(20-13-25-21-5-3-2-4-18(20)21)12-26-22(30)14-32-24-27-23(28-29-24)16-6-7-16/h2-5,8-11,13,16,19,25H,6-7,12,14H2,1H3,(H,26,30)(H,27,28,29)/t19-/m1/s1. The fourth-order valence-electron chi connectivity index (χ4n) is 3.88. The molecular formula is C24H25N5O2S. The average molecular weight is 448 g/mol. The van der Waals surface area contributed by atoms with E-state index in [1.807, 2.05) is 30.5 Å². The van der Waals surface area contributed by atoms with Gasteiger partial charge in [-0.05, 0) is 42.2 Å². The number of carbonyl (C=O) groups is 1. The van der Waals surface area contributed by atoms with Crippen molar-refractivity contribution in [3.63, 3.8) is 0 Å². The Balaban J connectivity index is 1.29. The fraction of sp³-hybridized carbons (Fsp3) is 0.292. The summed E-state index contributed by atoms with van der Waals surface area (Å²) in [6, 6.07) is 16.2. The normalized spacial score (nSPS) is 14.4. The van der Waals surface area contributed by atoms with Crippen molar-refractivity contribution in [2.75, 3.05) is 19.4 Å². The number of amides is 1. The first-order valence-corrected chi connectivity index (χ1v) is 11.7. The van der Waals surface area contributed by atoms with Crippen LogP contribution in [-0.4, -0.2) is 45.5 Å². The number of ether oxygens (including phenoxy) is 1. The Morgan fingerprint density at radius 1 is 1.22 bits per heavy atom. The summed E-state index contributed by atoms with van der Waals surface area (Å²) in [5.41, 5.74) is 3.35. The van der Waals surface area contributed by atoms with Gasteiger partial charge in [0, 0.05) is 35.5 Å². The van der Waals surface area contributed by atoms with Crippen LogP contribution in [0.2, 0.25) is 0 Å². The molecule has 1 aliphatic rings. The predicted molar refractivity (Wildman–Crippen MR) is 125 cm³/mol. The third-order valence-corrected chi connectivity index (χ3v) is 6.64. The number of aromatic nitrogens is 4. The Morgan fingerprint density at radius 2 is 2.03 bits per heavy atom. The molecule has 4 aromatic rings. The van der Waals surface area contributed by atoms with Crippen LogP contribution in [0.1, 0.15) is 41.6 Å². The molecule has 2 heterocycles. The number of methoxy groups -OCH3 is 1. The molecule has 0 radical (unpaired) electrons. The lowest BCUT2D eigenvalue weighted by Crippen LogP contribution is -2.30. The molecule has 1 aliphatic carbocycles. The molecule has 2 aromatic heterocycles. The molecule has 8 heteroatoms. The van der Waals surface area contributed by atoms with Crippen molar-refractivity contribution >= 4 is 28.6 Å². The van der Waals surface area contributed by atoms with Crippen molar-refractivity contribution in [1.82, 2.24) is 25.5 Å². The van der Waals surface area contributed by atoms with Crippen LogP contribution in [0.5, 0.6) is 5.75 Å². The summed E-state index contributed by atoms with van der Waals surface area (Å²) in [6.45, 7) is 0.495. The predicted octanol–water partition coefficient (Wildman–Crippen LogP) is 4.21. The van der Waals surface area contributed by atoms with Crippen molar-refractivity contribution in [3.05, 3.63) is 71.7 Å². The number of fused-ring (bicyclic) bond motifs is 1. The molecule has 1 saturated carbocycles. The van der Waals surface area contributed by atoms with Crippen molar-refractivity contribution in [3.8, 4) is 5.75 Å². The van der Waals surface area contributed by atoms with Gasteiger partial charge in [-0.25, -0.2) is 4.98 Å². The largest absolute Gasteiger partial charge is 0.497 e. The van der Waals surface area contributed by atoms with Gasteiger partial charge >= 0.3 is 0 Å². The highest BCUT2D eigenvalue weighted by Gasteiger charge is 2.27. The maximum Gasteiger partial charge on any atom is 0.230 e. The summed E-state index contributed by atoms with van der Waals surface area (Å²) in [5.74, 6) is 2.52. The van der Waals surface area contributed by atoms with E-state index in [-0.39, 0.29) is 17.6 Å². The zero-order valence-corrected chi connectivity index (χ0v) is 18.6. The molecule has 2 aromatic carbocycles. The number of nitrogens with zero attached hydrogens (tertiary/aromatic N) is 2. The maximum atomic E-state index is 12.6. The summed E-state index contributed by atoms with van der Waals surface area (Å²) < 4.78 is 5.31. The van der Waals surface area contributed by atoms with E-state index in [9.17, 15) is 4.79 Å². The maximum absolute atomic E-state index is 12.6. The van der Waals surface area contributed by atoms with Crippen molar-refractivity contribution in [1.29, 1.82) is 0 Å².